The summed E-state index contributed by atoms with van der Waals surface area (Å²) in [4.78, 5) is 49.6. The molecule has 5 N–H and O–H groups in total. The molecular formula is C20H22N7NaO6S2. The number of carbonyl (C=O) groups is 4. The minimum Gasteiger partial charge on any atom is -1.00 e. The van der Waals surface area contributed by atoms with Crippen molar-refractivity contribution in [1.29, 1.82) is 0 Å². The van der Waals surface area contributed by atoms with Gasteiger partial charge in [-0.15, -0.1) is 16.9 Å². The van der Waals surface area contributed by atoms with E-state index in [9.17, 15) is 24.3 Å². The van der Waals surface area contributed by atoms with E-state index in [-0.39, 0.29) is 66.5 Å². The Hall–Kier alpha value is -2.43. The van der Waals surface area contributed by atoms with Gasteiger partial charge in [0.25, 0.3) is 5.91 Å². The van der Waals surface area contributed by atoms with Crippen molar-refractivity contribution in [3.63, 3.8) is 0 Å². The molecule has 2 aromatic rings. The molecule has 4 rings (SSSR count). The summed E-state index contributed by atoms with van der Waals surface area (Å²) in [6.07, 6.45) is 0.0586. The van der Waals surface area contributed by atoms with E-state index in [2.05, 4.69) is 20.8 Å². The first-order chi connectivity index (χ1) is 16.8. The maximum absolute atomic E-state index is 12.8. The van der Waals surface area contributed by atoms with E-state index in [1.807, 2.05) is 12.1 Å². The van der Waals surface area contributed by atoms with Gasteiger partial charge in [0.15, 0.2) is 0 Å². The number of carbonyl (C=O) groups excluding carboxylic acids is 2. The minimum atomic E-state index is -1.26. The molecule has 1 saturated heterocycles. The van der Waals surface area contributed by atoms with Crippen molar-refractivity contribution in [3.05, 3.63) is 46.7 Å². The fourth-order valence-corrected chi connectivity index (χ4v) is 6.16. The molecule has 13 nitrogen and oxygen atoms in total. The zero-order valence-corrected chi connectivity index (χ0v) is 22.8. The molecule has 0 bridgehead atoms. The number of nitrogens with two attached hydrogens (primary N) is 1. The van der Waals surface area contributed by atoms with Crippen molar-refractivity contribution in [3.8, 4) is 0 Å². The van der Waals surface area contributed by atoms with Gasteiger partial charge in [-0.25, -0.2) is 9.48 Å². The third-order valence-electron chi connectivity index (χ3n) is 5.42. The van der Waals surface area contributed by atoms with Crippen LogP contribution in [0.3, 0.4) is 0 Å². The molecule has 0 spiro atoms. The second kappa shape index (κ2) is 12.2. The number of thioether (sulfide) groups is 2. The zero-order chi connectivity index (χ0) is 25.1. The molecule has 2 aliphatic rings. The van der Waals surface area contributed by atoms with Crippen LogP contribution in [-0.4, -0.2) is 82.0 Å². The first-order valence-corrected chi connectivity index (χ1v) is 12.4. The number of β-lactam (4-membered cyclic amide) rings is 1. The summed E-state index contributed by atoms with van der Waals surface area (Å²) in [5.41, 5.74) is 7.66. The summed E-state index contributed by atoms with van der Waals surface area (Å²) < 4.78 is 1.09. The number of nitrogens with one attached hydrogen (secondary N) is 1. The first kappa shape index (κ1) is 28.1. The Labute approximate surface area is 237 Å². The molecule has 186 valence electrons. The number of carboxylic acid groups (broad SMARTS) is 2. The number of fused-ring (bicyclic) bond motifs is 1. The van der Waals surface area contributed by atoms with Gasteiger partial charge in [0.1, 0.15) is 23.7 Å². The number of benzene rings is 1. The molecule has 2 amide bonds. The number of rotatable bonds is 10. The standard InChI is InChI=1S/C20H21N7O6S2.Na.H/c21-6-11-4-2-1-3-10(11)5-13(28)22-15-17(31)27-16(19(32)33)12(8-34-18(15)27)9-35-20-23-24-25-26(20)7-14(29)30;;/h1-4,15,18H,5-9,21H2,(H,22,28)(H,29,30)(H,32,33);;/q;+1;-1/t15-,18-;;/m1../s1. The fraction of sp³-hybridized carbons (Fsp3) is 0.350. The van der Waals surface area contributed by atoms with Crippen LogP contribution >= 0.6 is 23.5 Å². The topological polar surface area (TPSA) is 194 Å². The van der Waals surface area contributed by atoms with E-state index >= 15 is 0 Å². The van der Waals surface area contributed by atoms with Gasteiger partial charge in [-0.3, -0.25) is 19.3 Å². The molecular weight excluding hydrogens is 521 g/mol. The summed E-state index contributed by atoms with van der Waals surface area (Å²) in [5, 5.41) is 32.0. The van der Waals surface area contributed by atoms with Crippen LogP contribution in [0.4, 0.5) is 0 Å². The smallest absolute Gasteiger partial charge is 1.00 e. The molecule has 1 aromatic carbocycles. The van der Waals surface area contributed by atoms with Gasteiger partial charge in [-0.2, -0.15) is 0 Å². The van der Waals surface area contributed by atoms with Gasteiger partial charge in [-0.1, -0.05) is 36.0 Å². The predicted octanol–water partition coefficient (Wildman–Crippen LogP) is -3.59. The van der Waals surface area contributed by atoms with E-state index in [0.717, 1.165) is 27.6 Å². The van der Waals surface area contributed by atoms with Crippen LogP contribution in [-0.2, 0) is 38.7 Å². The third kappa shape index (κ3) is 5.92. The molecule has 2 atom stereocenters. The summed E-state index contributed by atoms with van der Waals surface area (Å²) in [5.74, 6) is -2.77. The van der Waals surface area contributed by atoms with Crippen LogP contribution in [0.25, 0.3) is 0 Å². The number of nitrogens with zero attached hydrogens (tertiary/aromatic N) is 5. The normalized spacial score (nSPS) is 18.7. The third-order valence-corrected chi connectivity index (χ3v) is 7.80. The second-order valence-corrected chi connectivity index (χ2v) is 9.71. The largest absolute Gasteiger partial charge is 1.00 e. The molecule has 3 heterocycles. The van der Waals surface area contributed by atoms with Crippen molar-refractivity contribution in [2.75, 3.05) is 11.5 Å². The van der Waals surface area contributed by atoms with Crippen molar-refractivity contribution in [2.24, 2.45) is 5.73 Å². The summed E-state index contributed by atoms with van der Waals surface area (Å²) in [7, 11) is 0. The van der Waals surface area contributed by atoms with E-state index in [0.29, 0.717) is 11.3 Å². The molecule has 36 heavy (non-hydrogen) atoms. The number of hydrogen-bond donors (Lipinski definition) is 4. The van der Waals surface area contributed by atoms with Crippen molar-refractivity contribution < 1.29 is 60.4 Å². The Morgan fingerprint density at radius 2 is 1.97 bits per heavy atom. The van der Waals surface area contributed by atoms with Crippen molar-refractivity contribution in [1.82, 2.24) is 30.4 Å². The van der Waals surface area contributed by atoms with Gasteiger partial charge in [-0.05, 0) is 27.1 Å². The SMILES string of the molecule is NCc1ccccc1CC(=O)N[C@@H]1C(=O)N2C(C(=O)O)=C(CSc3nnnn3CC(=O)O)CS[C@H]12.[H-].[Na+]. The number of aromatic nitrogens is 4. The second-order valence-electron chi connectivity index (χ2n) is 7.66. The van der Waals surface area contributed by atoms with E-state index < -0.39 is 35.8 Å². The van der Waals surface area contributed by atoms with Gasteiger partial charge in [0.05, 0.1) is 6.42 Å². The van der Waals surface area contributed by atoms with Crippen LogP contribution in [0.5, 0.6) is 0 Å². The Morgan fingerprint density at radius 3 is 2.64 bits per heavy atom. The minimum absolute atomic E-state index is 0. The molecule has 0 aliphatic carbocycles. The van der Waals surface area contributed by atoms with Crippen LogP contribution in [0, 0.1) is 0 Å². The Kier molecular flexibility index (Phi) is 9.54. The summed E-state index contributed by atoms with van der Waals surface area (Å²) >= 11 is 2.42. The Bertz CT molecular complexity index is 1230. The molecule has 0 saturated carbocycles. The molecule has 2 aliphatic heterocycles. The Morgan fingerprint density at radius 1 is 1.25 bits per heavy atom. The van der Waals surface area contributed by atoms with Crippen LogP contribution < -0.4 is 40.6 Å². The number of tetrazole rings is 1. The first-order valence-electron chi connectivity index (χ1n) is 10.4. The molecule has 1 fully saturated rings. The predicted molar refractivity (Wildman–Crippen MR) is 125 cm³/mol. The van der Waals surface area contributed by atoms with E-state index in [1.165, 1.54) is 16.7 Å². The number of hydrogen-bond acceptors (Lipinski definition) is 10. The monoisotopic (exact) mass is 543 g/mol. The van der Waals surface area contributed by atoms with Crippen molar-refractivity contribution in [2.45, 2.75) is 36.1 Å². The zero-order valence-electron chi connectivity index (χ0n) is 20.2. The number of amides is 2. The fourth-order valence-electron chi connectivity index (χ4n) is 3.80. The average molecular weight is 544 g/mol. The van der Waals surface area contributed by atoms with Gasteiger partial charge < -0.3 is 22.7 Å². The van der Waals surface area contributed by atoms with Crippen molar-refractivity contribution >= 4 is 47.3 Å². The maximum atomic E-state index is 12.8. The quantitative estimate of drug-likeness (QED) is 0.131. The van der Waals surface area contributed by atoms with Gasteiger partial charge >= 0.3 is 41.5 Å². The van der Waals surface area contributed by atoms with E-state index in [4.69, 9.17) is 10.8 Å². The molecule has 1 aromatic heterocycles. The number of aliphatic carboxylic acids is 2. The molecule has 0 unspecified atom stereocenters. The van der Waals surface area contributed by atoms with Crippen LogP contribution in [0.1, 0.15) is 12.6 Å². The van der Waals surface area contributed by atoms with Crippen LogP contribution in [0.15, 0.2) is 40.7 Å². The average Bonchev–Trinajstić information content (AvgIpc) is 3.26. The summed E-state index contributed by atoms with van der Waals surface area (Å²) in [6.45, 7) is -0.146. The van der Waals surface area contributed by atoms with E-state index in [1.54, 1.807) is 12.1 Å². The van der Waals surface area contributed by atoms with Gasteiger partial charge in [0, 0.05) is 18.1 Å². The molecule has 16 heteroatoms. The maximum Gasteiger partial charge on any atom is 1.00 e. The van der Waals surface area contributed by atoms with Gasteiger partial charge in [0.2, 0.25) is 11.1 Å². The van der Waals surface area contributed by atoms with Crippen LogP contribution in [0.2, 0.25) is 0 Å². The molecule has 0 radical (unpaired) electrons. The number of carboxylic acids is 2. The summed E-state index contributed by atoms with van der Waals surface area (Å²) in [6, 6.07) is 6.44. The Balaban J connectivity index is 0.00000241.